The molecule has 0 radical (unpaired) electrons. The molecule has 0 unspecified atom stereocenters. The van der Waals surface area contributed by atoms with Gasteiger partial charge in [-0.05, 0) is 41.5 Å². The van der Waals surface area contributed by atoms with Crippen LogP contribution in [0.2, 0.25) is 0 Å². The number of fused-ring (bicyclic) bond motifs is 1. The zero-order chi connectivity index (χ0) is 33.7. The number of nitrogens with two attached hydrogens (primary N) is 1. The molecular formula is C38H45IN3O3S-. The van der Waals surface area contributed by atoms with E-state index in [1.165, 1.54) is 23.2 Å². The second-order valence-electron chi connectivity index (χ2n) is 13.9. The quantitative estimate of drug-likeness (QED) is 0.227. The number of halogens is 1. The van der Waals surface area contributed by atoms with Crippen LogP contribution in [0.5, 0.6) is 0 Å². The third-order valence-corrected chi connectivity index (χ3v) is 11.6. The third kappa shape index (κ3) is 9.68. The molecule has 1 aromatic heterocycles. The van der Waals surface area contributed by atoms with Crippen molar-refractivity contribution >= 4 is 29.6 Å². The summed E-state index contributed by atoms with van der Waals surface area (Å²) in [6.45, 7) is 17.8. The van der Waals surface area contributed by atoms with Gasteiger partial charge in [0.15, 0.2) is 0 Å². The van der Waals surface area contributed by atoms with E-state index in [9.17, 15) is 10.5 Å². The van der Waals surface area contributed by atoms with Gasteiger partial charge >= 0.3 is 249 Å². The Morgan fingerprint density at radius 2 is 1.61 bits per heavy atom. The maximum absolute atomic E-state index is 9.75. The van der Waals surface area contributed by atoms with Crippen LogP contribution >= 0.6 is 11.3 Å². The van der Waals surface area contributed by atoms with Crippen LogP contribution in [0.25, 0.3) is 18.2 Å². The minimum absolute atomic E-state index is 0.0813. The third-order valence-electron chi connectivity index (χ3n) is 7.45. The molecule has 6 nitrogen and oxygen atoms in total. The summed E-state index contributed by atoms with van der Waals surface area (Å²) in [6, 6.07) is 15.2. The Bertz CT molecular complexity index is 1640. The second-order valence-corrected chi connectivity index (χ2v) is 17.9. The van der Waals surface area contributed by atoms with Gasteiger partial charge < -0.3 is 0 Å². The van der Waals surface area contributed by atoms with E-state index >= 15 is 0 Å². The van der Waals surface area contributed by atoms with Gasteiger partial charge in [-0.1, -0.05) is 0 Å². The molecule has 3 heterocycles. The molecule has 46 heavy (non-hydrogen) atoms. The average molecular weight is 751 g/mol. The van der Waals surface area contributed by atoms with Crippen molar-refractivity contribution in [2.45, 2.75) is 91.0 Å². The average Bonchev–Trinajstić information content (AvgIpc) is 3.61. The number of allylic oxidation sites excluding steroid dienone is 4. The Hall–Kier alpha value is -3.15. The number of nitrogens with zero attached hydrogens (tertiary/aromatic N) is 2. The van der Waals surface area contributed by atoms with Crippen molar-refractivity contribution in [3.63, 3.8) is 0 Å². The molecule has 0 fully saturated rings. The van der Waals surface area contributed by atoms with Gasteiger partial charge in [0.1, 0.15) is 0 Å². The summed E-state index contributed by atoms with van der Waals surface area (Å²) in [6.07, 6.45) is 12.6. The molecule has 8 heteroatoms. The second kappa shape index (κ2) is 14.7. The molecule has 2 aliphatic rings. The van der Waals surface area contributed by atoms with Crippen LogP contribution in [0.3, 0.4) is 0 Å². The van der Waals surface area contributed by atoms with Crippen molar-refractivity contribution in [2.24, 2.45) is 5.73 Å². The molecule has 0 saturated carbocycles. The molecule has 4 rings (SSSR count). The first-order valence-corrected chi connectivity index (χ1v) is 18.5. The van der Waals surface area contributed by atoms with E-state index in [4.69, 9.17) is 19.9 Å². The van der Waals surface area contributed by atoms with Crippen molar-refractivity contribution in [1.29, 1.82) is 10.5 Å². The summed E-state index contributed by atoms with van der Waals surface area (Å²) in [5.41, 5.74) is 8.25. The predicted octanol–water partition coefficient (Wildman–Crippen LogP) is 5.90. The zero-order valence-electron chi connectivity index (χ0n) is 28.2. The number of hydrogen-bond acceptors (Lipinski definition) is 7. The Morgan fingerprint density at radius 3 is 2.15 bits per heavy atom. The van der Waals surface area contributed by atoms with Crippen LogP contribution in [0.4, 0.5) is 0 Å². The topological polar surface area (TPSA) is 101 Å². The van der Waals surface area contributed by atoms with E-state index in [2.05, 4.69) is 96.2 Å². The summed E-state index contributed by atoms with van der Waals surface area (Å²) in [5, 5.41) is 19.0. The monoisotopic (exact) mass is 750 g/mol. The number of benzene rings is 1. The van der Waals surface area contributed by atoms with Crippen LogP contribution in [0.1, 0.15) is 95.0 Å². The van der Waals surface area contributed by atoms with Gasteiger partial charge in [-0.3, -0.25) is 0 Å². The van der Waals surface area contributed by atoms with Gasteiger partial charge in [0.2, 0.25) is 0 Å². The van der Waals surface area contributed by atoms with Crippen molar-refractivity contribution in [1.82, 2.24) is 0 Å². The molecule has 0 spiro atoms. The van der Waals surface area contributed by atoms with Crippen molar-refractivity contribution in [3.8, 4) is 12.1 Å². The predicted molar refractivity (Wildman–Crippen MR) is 184 cm³/mol. The fourth-order valence-corrected chi connectivity index (χ4v) is 9.47. The number of rotatable bonds is 11. The molecule has 244 valence electrons. The van der Waals surface area contributed by atoms with Gasteiger partial charge in [-0.25, -0.2) is 0 Å². The zero-order valence-corrected chi connectivity index (χ0v) is 31.1. The van der Waals surface area contributed by atoms with Crippen LogP contribution in [-0.4, -0.2) is 30.0 Å². The summed E-state index contributed by atoms with van der Waals surface area (Å²) in [7, 11) is 0. The Balaban J connectivity index is 1.41. The van der Waals surface area contributed by atoms with E-state index < -0.39 is 5.60 Å². The summed E-state index contributed by atoms with van der Waals surface area (Å²) >= 11 is 1.48. The fraction of sp³-hybridized carbons (Fsp3) is 0.421. The molecule has 0 atom stereocenters. The van der Waals surface area contributed by atoms with Gasteiger partial charge in [0.25, 0.3) is 0 Å². The SMILES string of the molecule is CC(C)(C)OCCC(CCOC(C)(C)C)c1ccc(/C=C/C2=Cc3sc(/C=C/C4=C(C#N)C(=C(/N)C#N)/OC4(C)C)cc3[I-]2)cc1. The van der Waals surface area contributed by atoms with Crippen LogP contribution < -0.4 is 26.9 Å². The standard InChI is InChI=1S/C38H45IN3O3S/c1-36(2,3)43-19-17-27(18-20-44-37(4,5)6)26-12-9-25(10-13-26)11-14-28-21-34-32(39-28)22-29(46-34)15-16-31-30(23-40)35(33(42)24-41)45-38(31,7)8/h9-16,21-22,27H,17-20,42H2,1-8H3/q-1/b14-11+,16-15+,35-33-. The molecule has 2 N–H and O–H groups in total. The first kappa shape index (κ1) is 35.7. The van der Waals surface area contributed by atoms with Crippen LogP contribution in [0.15, 0.2) is 68.7 Å². The molecule has 1 aromatic carbocycles. The van der Waals surface area contributed by atoms with Gasteiger partial charge in [0, 0.05) is 0 Å². The number of thiophene rings is 1. The summed E-state index contributed by atoms with van der Waals surface area (Å²) in [5.74, 6) is 0.550. The van der Waals surface area contributed by atoms with E-state index in [0.717, 1.165) is 36.5 Å². The number of ether oxygens (including phenoxy) is 3. The van der Waals surface area contributed by atoms with Gasteiger partial charge in [-0.15, -0.1) is 0 Å². The molecule has 0 bridgehead atoms. The number of hydrogen-bond donors (Lipinski definition) is 1. The van der Waals surface area contributed by atoms with Crippen LogP contribution in [-0.2, 0) is 14.2 Å². The molecular weight excluding hydrogens is 705 g/mol. The summed E-state index contributed by atoms with van der Waals surface area (Å²) < 4.78 is 20.8. The Kier molecular flexibility index (Phi) is 11.4. The van der Waals surface area contributed by atoms with Crippen molar-refractivity contribution in [3.05, 3.63) is 93.1 Å². The first-order chi connectivity index (χ1) is 21.6. The Morgan fingerprint density at radius 1 is 0.978 bits per heavy atom. The van der Waals surface area contributed by atoms with Crippen molar-refractivity contribution < 1.29 is 35.4 Å². The first-order valence-electron chi connectivity index (χ1n) is 15.6. The maximum atomic E-state index is 9.75. The summed E-state index contributed by atoms with van der Waals surface area (Å²) in [4.78, 5) is 2.42. The molecule has 2 aliphatic heterocycles. The minimum atomic E-state index is -0.746. The number of nitriles is 2. The van der Waals surface area contributed by atoms with E-state index in [1.54, 1.807) is 11.3 Å². The molecule has 0 aliphatic carbocycles. The molecule has 2 aromatic rings. The van der Waals surface area contributed by atoms with Crippen molar-refractivity contribution in [2.75, 3.05) is 13.2 Å². The normalized spacial score (nSPS) is 17.6. The van der Waals surface area contributed by atoms with Gasteiger partial charge in [0.05, 0.1) is 0 Å². The molecule has 0 amide bonds. The van der Waals surface area contributed by atoms with Crippen LogP contribution in [0, 0.1) is 26.2 Å². The molecule has 0 saturated heterocycles. The van der Waals surface area contributed by atoms with Gasteiger partial charge in [-0.2, -0.15) is 0 Å². The van der Waals surface area contributed by atoms with E-state index in [1.807, 2.05) is 32.1 Å². The Labute approximate surface area is 289 Å². The van der Waals surface area contributed by atoms with E-state index in [-0.39, 0.29) is 43.9 Å². The van der Waals surface area contributed by atoms with E-state index in [0.29, 0.717) is 11.5 Å². The fourth-order valence-electron chi connectivity index (χ4n) is 5.14.